The van der Waals surface area contributed by atoms with Gasteiger partial charge in [-0.1, -0.05) is 34.1 Å². The molecule has 0 aromatic heterocycles. The van der Waals surface area contributed by atoms with E-state index in [9.17, 15) is 0 Å². The fourth-order valence-electron chi connectivity index (χ4n) is 2.85. The molecular weight excluding hydrogens is 294 g/mol. The van der Waals surface area contributed by atoms with Crippen molar-refractivity contribution in [3.8, 4) is 0 Å². The summed E-state index contributed by atoms with van der Waals surface area (Å²) < 4.78 is 0. The number of nitrogens with zero attached hydrogens (tertiary/aromatic N) is 1. The van der Waals surface area contributed by atoms with Gasteiger partial charge < -0.3 is 4.90 Å². The lowest BCUT2D eigenvalue weighted by Gasteiger charge is -2.19. The molecule has 3 heteroatoms. The topological polar surface area (TPSA) is 3.24 Å². The SMILES string of the molecule is BrCC1CCN(CC2Cc3ccccc3S2)C1. The molecule has 0 spiro atoms. The average Bonchev–Trinajstić information content (AvgIpc) is 2.94. The van der Waals surface area contributed by atoms with Gasteiger partial charge in [-0.25, -0.2) is 0 Å². The number of thioether (sulfide) groups is 1. The van der Waals surface area contributed by atoms with Crippen LogP contribution in [-0.4, -0.2) is 35.1 Å². The molecule has 0 amide bonds. The van der Waals surface area contributed by atoms with Crippen molar-refractivity contribution in [2.45, 2.75) is 23.0 Å². The Morgan fingerprint density at radius 2 is 2.24 bits per heavy atom. The Labute approximate surface area is 116 Å². The second-order valence-corrected chi connectivity index (χ2v) is 7.11. The summed E-state index contributed by atoms with van der Waals surface area (Å²) in [5, 5.41) is 1.95. The Morgan fingerprint density at radius 3 is 3.00 bits per heavy atom. The lowest BCUT2D eigenvalue weighted by molar-refractivity contribution is 0.329. The molecule has 2 unspecified atom stereocenters. The molecule has 17 heavy (non-hydrogen) atoms. The average molecular weight is 312 g/mol. The number of rotatable bonds is 3. The van der Waals surface area contributed by atoms with Crippen molar-refractivity contribution in [2.24, 2.45) is 5.92 Å². The molecule has 1 aromatic rings. The van der Waals surface area contributed by atoms with Gasteiger partial charge in [0.2, 0.25) is 0 Å². The van der Waals surface area contributed by atoms with E-state index in [-0.39, 0.29) is 0 Å². The normalized spacial score (nSPS) is 28.5. The summed E-state index contributed by atoms with van der Waals surface area (Å²) in [7, 11) is 0. The van der Waals surface area contributed by atoms with Gasteiger partial charge in [0, 0.05) is 28.6 Å². The highest BCUT2D eigenvalue weighted by Gasteiger charge is 2.27. The molecule has 0 aliphatic carbocycles. The summed E-state index contributed by atoms with van der Waals surface area (Å²) in [6.45, 7) is 3.85. The first kappa shape index (κ1) is 12.1. The van der Waals surface area contributed by atoms with Crippen molar-refractivity contribution in [1.29, 1.82) is 0 Å². The van der Waals surface area contributed by atoms with Gasteiger partial charge in [-0.2, -0.15) is 0 Å². The molecule has 3 rings (SSSR count). The molecule has 2 heterocycles. The standard InChI is InChI=1S/C14H18BrNS/c15-8-11-5-6-16(9-11)10-13-7-12-3-1-2-4-14(12)17-13/h1-4,11,13H,5-10H2. The number of hydrogen-bond acceptors (Lipinski definition) is 2. The van der Waals surface area contributed by atoms with E-state index in [4.69, 9.17) is 0 Å². The Morgan fingerprint density at radius 1 is 1.35 bits per heavy atom. The zero-order valence-corrected chi connectivity index (χ0v) is 12.3. The van der Waals surface area contributed by atoms with Crippen LogP contribution in [0, 0.1) is 5.92 Å². The van der Waals surface area contributed by atoms with Gasteiger partial charge in [-0.05, 0) is 36.9 Å². The lowest BCUT2D eigenvalue weighted by atomic mass is 10.1. The third-order valence-electron chi connectivity index (χ3n) is 3.76. The summed E-state index contributed by atoms with van der Waals surface area (Å²) in [6, 6.07) is 8.88. The third-order valence-corrected chi connectivity index (χ3v) is 5.98. The first-order valence-corrected chi connectivity index (χ1v) is 8.38. The Kier molecular flexibility index (Phi) is 3.78. The highest BCUT2D eigenvalue weighted by molar-refractivity contribution is 9.09. The number of fused-ring (bicyclic) bond motifs is 1. The molecule has 2 atom stereocenters. The van der Waals surface area contributed by atoms with E-state index < -0.39 is 0 Å². The highest BCUT2D eigenvalue weighted by atomic mass is 79.9. The van der Waals surface area contributed by atoms with Crippen LogP contribution in [0.25, 0.3) is 0 Å². The lowest BCUT2D eigenvalue weighted by Crippen LogP contribution is -2.29. The van der Waals surface area contributed by atoms with E-state index in [2.05, 4.69) is 56.9 Å². The van der Waals surface area contributed by atoms with Gasteiger partial charge in [0.1, 0.15) is 0 Å². The van der Waals surface area contributed by atoms with Crippen LogP contribution in [0.1, 0.15) is 12.0 Å². The number of halogens is 1. The minimum atomic E-state index is 0.779. The van der Waals surface area contributed by atoms with Gasteiger partial charge in [-0.3, -0.25) is 0 Å². The second-order valence-electron chi connectivity index (χ2n) is 5.12. The van der Waals surface area contributed by atoms with E-state index >= 15 is 0 Å². The predicted molar refractivity (Wildman–Crippen MR) is 78.1 cm³/mol. The molecule has 1 aromatic carbocycles. The minimum Gasteiger partial charge on any atom is -0.302 e. The molecule has 1 fully saturated rings. The van der Waals surface area contributed by atoms with E-state index in [1.165, 1.54) is 42.7 Å². The molecule has 0 saturated carbocycles. The Balaban J connectivity index is 1.56. The minimum absolute atomic E-state index is 0.779. The van der Waals surface area contributed by atoms with Crippen LogP contribution in [0.15, 0.2) is 29.2 Å². The maximum atomic E-state index is 3.61. The van der Waals surface area contributed by atoms with Crippen LogP contribution in [0.3, 0.4) is 0 Å². The van der Waals surface area contributed by atoms with Crippen LogP contribution in [0.2, 0.25) is 0 Å². The van der Waals surface area contributed by atoms with Crippen LogP contribution in [-0.2, 0) is 6.42 Å². The third kappa shape index (κ3) is 2.72. The molecule has 2 aliphatic rings. The van der Waals surface area contributed by atoms with Gasteiger partial charge in [0.15, 0.2) is 0 Å². The smallest absolute Gasteiger partial charge is 0.0263 e. The number of likely N-dealkylation sites (tertiary alicyclic amines) is 1. The van der Waals surface area contributed by atoms with Crippen LogP contribution in [0.4, 0.5) is 0 Å². The van der Waals surface area contributed by atoms with Crippen molar-refractivity contribution in [1.82, 2.24) is 4.90 Å². The number of benzene rings is 1. The van der Waals surface area contributed by atoms with Crippen molar-refractivity contribution in [2.75, 3.05) is 25.0 Å². The summed E-state index contributed by atoms with van der Waals surface area (Å²) in [5.41, 5.74) is 1.55. The second kappa shape index (κ2) is 5.33. The predicted octanol–water partition coefficient (Wildman–Crippen LogP) is 3.42. The number of hydrogen-bond donors (Lipinski definition) is 0. The van der Waals surface area contributed by atoms with Crippen molar-refractivity contribution in [3.05, 3.63) is 29.8 Å². The Hall–Kier alpha value is 0.01000. The molecule has 0 N–H and O–H groups in total. The molecular formula is C14H18BrNS. The van der Waals surface area contributed by atoms with Gasteiger partial charge in [0.05, 0.1) is 0 Å². The van der Waals surface area contributed by atoms with Crippen molar-refractivity contribution < 1.29 is 0 Å². The Bertz CT molecular complexity index is 371. The zero-order chi connectivity index (χ0) is 11.7. The molecule has 1 nitrogen and oxygen atoms in total. The summed E-state index contributed by atoms with van der Waals surface area (Å²) in [6.07, 6.45) is 2.63. The largest absolute Gasteiger partial charge is 0.302 e. The van der Waals surface area contributed by atoms with Gasteiger partial charge >= 0.3 is 0 Å². The van der Waals surface area contributed by atoms with Gasteiger partial charge in [0.25, 0.3) is 0 Å². The summed E-state index contributed by atoms with van der Waals surface area (Å²) in [5.74, 6) is 0.878. The van der Waals surface area contributed by atoms with Crippen LogP contribution in [0.5, 0.6) is 0 Å². The van der Waals surface area contributed by atoms with Crippen molar-refractivity contribution >= 4 is 27.7 Å². The number of alkyl halides is 1. The van der Waals surface area contributed by atoms with E-state index in [1.54, 1.807) is 5.56 Å². The summed E-state index contributed by atoms with van der Waals surface area (Å²) >= 11 is 5.69. The highest BCUT2D eigenvalue weighted by Crippen LogP contribution is 2.37. The molecule has 0 radical (unpaired) electrons. The van der Waals surface area contributed by atoms with E-state index in [0.29, 0.717) is 0 Å². The van der Waals surface area contributed by atoms with Crippen LogP contribution >= 0.6 is 27.7 Å². The van der Waals surface area contributed by atoms with Crippen LogP contribution < -0.4 is 0 Å². The van der Waals surface area contributed by atoms with E-state index in [1.807, 2.05) is 0 Å². The molecule has 92 valence electrons. The molecule has 0 bridgehead atoms. The monoisotopic (exact) mass is 311 g/mol. The first-order valence-electron chi connectivity index (χ1n) is 6.38. The fraction of sp³-hybridized carbons (Fsp3) is 0.571. The molecule has 1 saturated heterocycles. The first-order chi connectivity index (χ1) is 8.35. The maximum absolute atomic E-state index is 3.61. The zero-order valence-electron chi connectivity index (χ0n) is 9.94. The van der Waals surface area contributed by atoms with E-state index in [0.717, 1.165) is 11.2 Å². The summed E-state index contributed by atoms with van der Waals surface area (Å²) in [4.78, 5) is 4.16. The van der Waals surface area contributed by atoms with Gasteiger partial charge in [-0.15, -0.1) is 11.8 Å². The maximum Gasteiger partial charge on any atom is 0.0263 e. The molecule has 2 aliphatic heterocycles. The quantitative estimate of drug-likeness (QED) is 0.787. The van der Waals surface area contributed by atoms with Crippen molar-refractivity contribution in [3.63, 3.8) is 0 Å². The fourth-order valence-corrected chi connectivity index (χ4v) is 4.74.